The van der Waals surface area contributed by atoms with Crippen molar-refractivity contribution < 1.29 is 23.9 Å². The Balaban J connectivity index is 1.36. The van der Waals surface area contributed by atoms with Crippen LogP contribution in [0.2, 0.25) is 0 Å². The summed E-state index contributed by atoms with van der Waals surface area (Å²) in [6, 6.07) is 15.5. The highest BCUT2D eigenvalue weighted by Crippen LogP contribution is 2.40. The molecule has 0 radical (unpaired) electrons. The third-order valence-corrected chi connectivity index (χ3v) is 7.45. The van der Waals surface area contributed by atoms with Gasteiger partial charge in [-0.3, -0.25) is 14.9 Å². The third-order valence-electron chi connectivity index (χ3n) is 7.45. The number of rotatable bonds is 9. The lowest BCUT2D eigenvalue weighted by Crippen LogP contribution is -2.25. The predicted octanol–water partition coefficient (Wildman–Crippen LogP) is 5.94. The van der Waals surface area contributed by atoms with E-state index in [1.165, 1.54) is 17.0 Å². The first-order valence-electron chi connectivity index (χ1n) is 14.0. The number of nitro benzene ring substituents is 1. The molecule has 11 heteroatoms. The highest BCUT2D eigenvalue weighted by molar-refractivity contribution is 5.83. The van der Waals surface area contributed by atoms with Crippen molar-refractivity contribution in [2.75, 3.05) is 13.4 Å². The molecule has 0 unspecified atom stereocenters. The Hall–Kier alpha value is -4.93. The molecular formula is C31H30N4O7. The van der Waals surface area contributed by atoms with Crippen LogP contribution in [0.15, 0.2) is 64.5 Å². The van der Waals surface area contributed by atoms with Crippen molar-refractivity contribution in [1.82, 2.24) is 9.66 Å². The van der Waals surface area contributed by atoms with Gasteiger partial charge in [-0.15, -0.1) is 0 Å². The van der Waals surface area contributed by atoms with E-state index in [1.807, 2.05) is 12.1 Å². The molecule has 3 aromatic carbocycles. The van der Waals surface area contributed by atoms with Gasteiger partial charge in [-0.25, -0.2) is 4.98 Å². The molecular weight excluding hydrogens is 540 g/mol. The monoisotopic (exact) mass is 570 g/mol. The van der Waals surface area contributed by atoms with Crippen molar-refractivity contribution in [3.63, 3.8) is 0 Å². The number of hydrogen-bond acceptors (Lipinski definition) is 9. The molecule has 0 spiro atoms. The van der Waals surface area contributed by atoms with E-state index in [0.29, 0.717) is 33.8 Å². The molecule has 0 N–H and O–H groups in total. The lowest BCUT2D eigenvalue weighted by molar-refractivity contribution is -0.386. The zero-order chi connectivity index (χ0) is 29.1. The van der Waals surface area contributed by atoms with Crippen LogP contribution in [0.1, 0.15) is 61.9 Å². The van der Waals surface area contributed by atoms with Crippen molar-refractivity contribution in [3.8, 4) is 23.0 Å². The number of benzene rings is 3. The number of ether oxygens (including phenoxy) is 4. The van der Waals surface area contributed by atoms with Gasteiger partial charge in [0, 0.05) is 17.5 Å². The maximum atomic E-state index is 13.5. The van der Waals surface area contributed by atoms with Gasteiger partial charge in [0.2, 0.25) is 12.5 Å². The Morgan fingerprint density at radius 1 is 1.07 bits per heavy atom. The van der Waals surface area contributed by atoms with Crippen LogP contribution in [0.25, 0.3) is 10.9 Å². The molecule has 2 aliphatic rings. The van der Waals surface area contributed by atoms with Crippen LogP contribution in [0, 0.1) is 10.1 Å². The molecule has 42 heavy (non-hydrogen) atoms. The Labute approximate surface area is 241 Å². The number of aromatic nitrogens is 2. The van der Waals surface area contributed by atoms with Gasteiger partial charge in [0.25, 0.3) is 5.56 Å². The first kappa shape index (κ1) is 27.3. The van der Waals surface area contributed by atoms with Gasteiger partial charge < -0.3 is 18.9 Å². The van der Waals surface area contributed by atoms with Gasteiger partial charge >= 0.3 is 5.69 Å². The van der Waals surface area contributed by atoms with Crippen molar-refractivity contribution in [2.45, 2.75) is 51.6 Å². The molecule has 2 heterocycles. The average Bonchev–Trinajstić information content (AvgIpc) is 3.48. The van der Waals surface area contributed by atoms with Crippen LogP contribution >= 0.6 is 0 Å². The molecule has 0 bridgehead atoms. The summed E-state index contributed by atoms with van der Waals surface area (Å²) in [7, 11) is 0. The zero-order valence-electron chi connectivity index (χ0n) is 23.2. The van der Waals surface area contributed by atoms with Crippen LogP contribution in [0.3, 0.4) is 0 Å². The molecule has 0 atom stereocenters. The maximum absolute atomic E-state index is 13.5. The van der Waals surface area contributed by atoms with E-state index in [9.17, 15) is 14.9 Å². The summed E-state index contributed by atoms with van der Waals surface area (Å²) in [5, 5.41) is 17.1. The van der Waals surface area contributed by atoms with E-state index < -0.39 is 4.92 Å². The van der Waals surface area contributed by atoms with Gasteiger partial charge in [0.1, 0.15) is 12.4 Å². The fourth-order valence-corrected chi connectivity index (χ4v) is 5.41. The topological polar surface area (TPSA) is 127 Å². The first-order valence-corrected chi connectivity index (χ1v) is 14.0. The Kier molecular flexibility index (Phi) is 7.72. The third kappa shape index (κ3) is 5.50. The van der Waals surface area contributed by atoms with E-state index in [0.717, 1.165) is 37.7 Å². The minimum absolute atomic E-state index is 0.00380. The molecule has 1 saturated carbocycles. The van der Waals surface area contributed by atoms with Crippen molar-refractivity contribution in [2.24, 2.45) is 5.10 Å². The predicted molar refractivity (Wildman–Crippen MR) is 156 cm³/mol. The Morgan fingerprint density at radius 2 is 1.88 bits per heavy atom. The van der Waals surface area contributed by atoms with Crippen LogP contribution in [-0.2, 0) is 6.61 Å². The Bertz CT molecular complexity index is 1730. The lowest BCUT2D eigenvalue weighted by atomic mass is 9.88. The fourth-order valence-electron chi connectivity index (χ4n) is 5.41. The molecule has 6 rings (SSSR count). The minimum atomic E-state index is -0.522. The fraction of sp³-hybridized carbons (Fsp3) is 0.323. The average molecular weight is 571 g/mol. The number of nitro groups is 1. The number of hydrogen-bond donors (Lipinski definition) is 0. The van der Waals surface area contributed by atoms with E-state index in [2.05, 4.69) is 5.10 Å². The second kappa shape index (κ2) is 11.9. The van der Waals surface area contributed by atoms with E-state index >= 15 is 0 Å². The van der Waals surface area contributed by atoms with Crippen molar-refractivity contribution in [1.29, 1.82) is 0 Å². The number of nitrogens with zero attached hydrogens (tertiary/aromatic N) is 4. The van der Waals surface area contributed by atoms with E-state index in [-0.39, 0.29) is 48.7 Å². The summed E-state index contributed by atoms with van der Waals surface area (Å²) >= 11 is 0. The molecule has 0 saturated heterocycles. The van der Waals surface area contributed by atoms with Crippen molar-refractivity contribution >= 4 is 22.8 Å². The molecule has 216 valence electrons. The zero-order valence-corrected chi connectivity index (χ0v) is 23.2. The van der Waals surface area contributed by atoms with Crippen molar-refractivity contribution in [3.05, 3.63) is 92.0 Å². The van der Waals surface area contributed by atoms with Gasteiger partial charge in [-0.1, -0.05) is 37.5 Å². The summed E-state index contributed by atoms with van der Waals surface area (Å²) in [5.41, 5.74) is 1.21. The van der Waals surface area contributed by atoms with E-state index in [1.54, 1.807) is 43.3 Å². The SMILES string of the molecule is CCOc1cc(C=Nn2c(C3CCCCC3)nc3ccccc3c2=O)cc([N+](=O)[O-])c1OCc1ccc2c(c1)OCO2. The summed E-state index contributed by atoms with van der Waals surface area (Å²) in [4.78, 5) is 30.0. The van der Waals surface area contributed by atoms with Gasteiger partial charge in [0.05, 0.1) is 28.6 Å². The molecule has 1 aromatic heterocycles. The molecule has 1 aliphatic heterocycles. The summed E-state index contributed by atoms with van der Waals surface area (Å²) in [6.45, 7) is 2.24. The minimum Gasteiger partial charge on any atom is -0.490 e. The van der Waals surface area contributed by atoms with E-state index in [4.69, 9.17) is 23.9 Å². The summed E-state index contributed by atoms with van der Waals surface area (Å²) < 4.78 is 23.8. The molecule has 4 aromatic rings. The van der Waals surface area contributed by atoms with Gasteiger partial charge in [0.15, 0.2) is 17.2 Å². The maximum Gasteiger partial charge on any atom is 0.315 e. The smallest absolute Gasteiger partial charge is 0.315 e. The molecule has 11 nitrogen and oxygen atoms in total. The van der Waals surface area contributed by atoms with Crippen LogP contribution in [-0.4, -0.2) is 34.2 Å². The molecule has 1 fully saturated rings. The first-order chi connectivity index (χ1) is 20.5. The van der Waals surface area contributed by atoms with Crippen LogP contribution in [0.4, 0.5) is 5.69 Å². The number of para-hydroxylation sites is 1. The highest BCUT2D eigenvalue weighted by atomic mass is 16.7. The highest BCUT2D eigenvalue weighted by Gasteiger charge is 2.25. The molecule has 1 aliphatic carbocycles. The second-order valence-electron chi connectivity index (χ2n) is 10.2. The summed E-state index contributed by atoms with van der Waals surface area (Å²) in [6.07, 6.45) is 6.57. The molecule has 0 amide bonds. The Morgan fingerprint density at radius 3 is 2.69 bits per heavy atom. The largest absolute Gasteiger partial charge is 0.490 e. The second-order valence-corrected chi connectivity index (χ2v) is 10.2. The normalized spacial score (nSPS) is 14.9. The van der Waals surface area contributed by atoms with Crippen LogP contribution in [0.5, 0.6) is 23.0 Å². The quantitative estimate of drug-likeness (QED) is 0.137. The number of fused-ring (bicyclic) bond motifs is 2. The summed E-state index contributed by atoms with van der Waals surface area (Å²) in [5.74, 6) is 2.14. The van der Waals surface area contributed by atoms with Crippen LogP contribution < -0.4 is 24.5 Å². The standard InChI is InChI=1S/C31H30N4O7/c1-2-39-28-16-21(14-25(35(37)38)29(28)40-18-20-12-13-26-27(15-20)42-19-41-26)17-32-34-30(22-8-4-3-5-9-22)33-24-11-7-6-10-23(24)31(34)36/h6-7,10-17,22H,2-5,8-9,18-19H2,1H3. The lowest BCUT2D eigenvalue weighted by Gasteiger charge is -2.22. The van der Waals surface area contributed by atoms with Gasteiger partial charge in [-0.05, 0) is 55.7 Å². The van der Waals surface area contributed by atoms with Gasteiger partial charge in [-0.2, -0.15) is 9.78 Å².